The lowest BCUT2D eigenvalue weighted by Crippen LogP contribution is -2.32. The van der Waals surface area contributed by atoms with Gasteiger partial charge in [0.2, 0.25) is 0 Å². The molecule has 2 unspecified atom stereocenters. The summed E-state index contributed by atoms with van der Waals surface area (Å²) in [4.78, 5) is 0. The number of rotatable bonds is 5. The Bertz CT molecular complexity index is 656. The minimum atomic E-state index is -0.682. The monoisotopic (exact) mass is 322 g/mol. The fourth-order valence-corrected chi connectivity index (χ4v) is 3.85. The molecule has 126 valence electrons. The average Bonchev–Trinajstić information content (AvgIpc) is 2.63. The molecule has 1 aliphatic rings. The SMILES string of the molecule is CCC/C=C/C1(c2ccc(-c3ccccc3)cc2)CCCC(F)C1. The minimum absolute atomic E-state index is 0.123. The van der Waals surface area contributed by atoms with Crippen molar-refractivity contribution in [3.05, 3.63) is 72.3 Å². The molecule has 1 saturated carbocycles. The van der Waals surface area contributed by atoms with E-state index in [0.717, 1.165) is 25.7 Å². The highest BCUT2D eigenvalue weighted by molar-refractivity contribution is 5.63. The maximum Gasteiger partial charge on any atom is 0.101 e. The number of hydrogen-bond acceptors (Lipinski definition) is 0. The largest absolute Gasteiger partial charge is 0.247 e. The van der Waals surface area contributed by atoms with Crippen molar-refractivity contribution < 1.29 is 4.39 Å². The van der Waals surface area contributed by atoms with Crippen LogP contribution in [0.15, 0.2) is 66.7 Å². The van der Waals surface area contributed by atoms with Crippen molar-refractivity contribution in [2.75, 3.05) is 0 Å². The summed E-state index contributed by atoms with van der Waals surface area (Å²) in [5.41, 5.74) is 3.59. The molecule has 0 heterocycles. The first-order valence-corrected chi connectivity index (χ1v) is 9.21. The summed E-state index contributed by atoms with van der Waals surface area (Å²) in [6.45, 7) is 2.19. The highest BCUT2D eigenvalue weighted by Gasteiger charge is 2.35. The Hall–Kier alpha value is -1.89. The predicted molar refractivity (Wildman–Crippen MR) is 101 cm³/mol. The van der Waals surface area contributed by atoms with E-state index in [4.69, 9.17) is 0 Å². The van der Waals surface area contributed by atoms with E-state index in [0.29, 0.717) is 12.8 Å². The molecule has 2 atom stereocenters. The van der Waals surface area contributed by atoms with Crippen molar-refractivity contribution in [3.63, 3.8) is 0 Å². The van der Waals surface area contributed by atoms with Crippen molar-refractivity contribution in [2.24, 2.45) is 0 Å². The van der Waals surface area contributed by atoms with Gasteiger partial charge in [0, 0.05) is 5.41 Å². The molecule has 0 bridgehead atoms. The molecule has 2 aromatic carbocycles. The maximum atomic E-state index is 14.2. The summed E-state index contributed by atoms with van der Waals surface area (Å²) < 4.78 is 14.2. The van der Waals surface area contributed by atoms with Crippen LogP contribution in [0.25, 0.3) is 11.1 Å². The fraction of sp³-hybridized carbons (Fsp3) is 0.391. The standard InChI is InChI=1S/C23H27F/c1-2-3-7-16-23(17-8-11-22(24)18-23)21-14-12-20(13-15-21)19-9-5-4-6-10-19/h4-7,9-10,12-16,22H,2-3,8,11,17-18H2,1H3/b16-7+. The summed E-state index contributed by atoms with van der Waals surface area (Å²) in [7, 11) is 0. The van der Waals surface area contributed by atoms with Gasteiger partial charge < -0.3 is 0 Å². The molecule has 24 heavy (non-hydrogen) atoms. The van der Waals surface area contributed by atoms with Crippen LogP contribution in [-0.2, 0) is 5.41 Å². The van der Waals surface area contributed by atoms with Gasteiger partial charge in [0.15, 0.2) is 0 Å². The summed E-state index contributed by atoms with van der Waals surface area (Å²) >= 11 is 0. The van der Waals surface area contributed by atoms with Gasteiger partial charge in [0.25, 0.3) is 0 Å². The van der Waals surface area contributed by atoms with Gasteiger partial charge in [-0.2, -0.15) is 0 Å². The van der Waals surface area contributed by atoms with E-state index in [-0.39, 0.29) is 5.41 Å². The Labute approximate surface area is 145 Å². The zero-order valence-corrected chi connectivity index (χ0v) is 14.5. The third-order valence-corrected chi connectivity index (χ3v) is 5.19. The second kappa shape index (κ2) is 7.79. The molecule has 0 amide bonds. The van der Waals surface area contributed by atoms with Crippen molar-refractivity contribution in [2.45, 2.75) is 57.0 Å². The van der Waals surface area contributed by atoms with E-state index in [1.807, 2.05) is 6.07 Å². The van der Waals surface area contributed by atoms with Crippen LogP contribution < -0.4 is 0 Å². The maximum absolute atomic E-state index is 14.2. The first kappa shape index (κ1) is 17.0. The fourth-order valence-electron chi connectivity index (χ4n) is 3.85. The number of allylic oxidation sites excluding steroid dienone is 2. The van der Waals surface area contributed by atoms with Gasteiger partial charge >= 0.3 is 0 Å². The summed E-state index contributed by atoms with van der Waals surface area (Å²) in [5.74, 6) is 0. The number of halogens is 1. The van der Waals surface area contributed by atoms with Crippen LogP contribution in [0.1, 0.15) is 51.0 Å². The number of alkyl halides is 1. The lowest BCUT2D eigenvalue weighted by Gasteiger charge is -2.37. The Kier molecular flexibility index (Phi) is 5.50. The van der Waals surface area contributed by atoms with E-state index < -0.39 is 6.17 Å². The van der Waals surface area contributed by atoms with Crippen LogP contribution in [-0.4, -0.2) is 6.17 Å². The Morgan fingerprint density at radius 1 is 1.04 bits per heavy atom. The Morgan fingerprint density at radius 3 is 2.42 bits per heavy atom. The summed E-state index contributed by atoms with van der Waals surface area (Å²) in [6.07, 6.45) is 9.43. The van der Waals surface area contributed by atoms with E-state index in [1.54, 1.807) is 0 Å². The van der Waals surface area contributed by atoms with Gasteiger partial charge in [-0.15, -0.1) is 0 Å². The molecule has 0 nitrogen and oxygen atoms in total. The molecule has 0 aliphatic heterocycles. The third-order valence-electron chi connectivity index (χ3n) is 5.19. The molecule has 3 rings (SSSR count). The molecular weight excluding hydrogens is 295 g/mol. The van der Waals surface area contributed by atoms with Crippen molar-refractivity contribution in [3.8, 4) is 11.1 Å². The van der Waals surface area contributed by atoms with Crippen molar-refractivity contribution >= 4 is 0 Å². The highest BCUT2D eigenvalue weighted by atomic mass is 19.1. The van der Waals surface area contributed by atoms with E-state index in [2.05, 4.69) is 67.6 Å². The second-order valence-corrected chi connectivity index (χ2v) is 6.98. The van der Waals surface area contributed by atoms with Crippen LogP contribution in [0.5, 0.6) is 0 Å². The molecule has 1 fully saturated rings. The molecule has 1 aliphatic carbocycles. The molecule has 0 aromatic heterocycles. The van der Waals surface area contributed by atoms with Crippen molar-refractivity contribution in [1.29, 1.82) is 0 Å². The lowest BCUT2D eigenvalue weighted by atomic mass is 9.68. The topological polar surface area (TPSA) is 0 Å². The molecule has 0 saturated heterocycles. The highest BCUT2D eigenvalue weighted by Crippen LogP contribution is 2.42. The molecule has 1 heteroatoms. The van der Waals surface area contributed by atoms with Crippen LogP contribution in [0.4, 0.5) is 4.39 Å². The quantitative estimate of drug-likeness (QED) is 0.527. The second-order valence-electron chi connectivity index (χ2n) is 6.98. The predicted octanol–water partition coefficient (Wildman–Crippen LogP) is 6.86. The molecular formula is C23H27F. The van der Waals surface area contributed by atoms with Gasteiger partial charge in [0.1, 0.15) is 6.17 Å². The number of unbranched alkanes of at least 4 members (excludes halogenated alkanes) is 1. The van der Waals surface area contributed by atoms with Crippen LogP contribution in [0, 0.1) is 0 Å². The normalized spacial score (nSPS) is 24.3. The van der Waals surface area contributed by atoms with Crippen LogP contribution in [0.2, 0.25) is 0 Å². The molecule has 0 radical (unpaired) electrons. The smallest absolute Gasteiger partial charge is 0.101 e. The van der Waals surface area contributed by atoms with Crippen LogP contribution >= 0.6 is 0 Å². The molecule has 0 spiro atoms. The Balaban J connectivity index is 1.90. The third kappa shape index (κ3) is 3.77. The van der Waals surface area contributed by atoms with E-state index in [1.165, 1.54) is 16.7 Å². The zero-order valence-electron chi connectivity index (χ0n) is 14.5. The molecule has 0 N–H and O–H groups in total. The first-order chi connectivity index (χ1) is 11.7. The number of hydrogen-bond donors (Lipinski definition) is 0. The average molecular weight is 322 g/mol. The Morgan fingerprint density at radius 2 is 1.75 bits per heavy atom. The summed E-state index contributed by atoms with van der Waals surface area (Å²) in [6, 6.07) is 19.2. The van der Waals surface area contributed by atoms with E-state index >= 15 is 0 Å². The van der Waals surface area contributed by atoms with Crippen LogP contribution in [0.3, 0.4) is 0 Å². The number of benzene rings is 2. The summed E-state index contributed by atoms with van der Waals surface area (Å²) in [5, 5.41) is 0. The van der Waals surface area contributed by atoms with Gasteiger partial charge in [0.05, 0.1) is 0 Å². The van der Waals surface area contributed by atoms with Gasteiger partial charge in [-0.25, -0.2) is 4.39 Å². The molecule has 2 aromatic rings. The lowest BCUT2D eigenvalue weighted by molar-refractivity contribution is 0.196. The zero-order chi connectivity index (χ0) is 16.8. The minimum Gasteiger partial charge on any atom is -0.247 e. The first-order valence-electron chi connectivity index (χ1n) is 9.21. The van der Waals surface area contributed by atoms with Gasteiger partial charge in [-0.3, -0.25) is 0 Å². The van der Waals surface area contributed by atoms with Crippen molar-refractivity contribution in [1.82, 2.24) is 0 Å². The van der Waals surface area contributed by atoms with Gasteiger partial charge in [-0.1, -0.05) is 80.1 Å². The van der Waals surface area contributed by atoms with E-state index in [9.17, 15) is 4.39 Å². The van der Waals surface area contributed by atoms with Gasteiger partial charge in [-0.05, 0) is 48.8 Å².